The maximum Gasteiger partial charge on any atom is 0.334 e. The van der Waals surface area contributed by atoms with Gasteiger partial charge in [-0.1, -0.05) is 49.6 Å². The summed E-state index contributed by atoms with van der Waals surface area (Å²) >= 11 is 0. The first-order chi connectivity index (χ1) is 16.1. The van der Waals surface area contributed by atoms with Gasteiger partial charge in [0.25, 0.3) is 5.56 Å². The highest BCUT2D eigenvalue weighted by atomic mass is 16.5. The summed E-state index contributed by atoms with van der Waals surface area (Å²) in [5.74, 6) is 0.457. The molecule has 0 bridgehead atoms. The van der Waals surface area contributed by atoms with E-state index in [1.54, 1.807) is 31.4 Å². The van der Waals surface area contributed by atoms with Crippen LogP contribution in [0.3, 0.4) is 0 Å². The Morgan fingerprint density at radius 3 is 2.33 bits per heavy atom. The normalized spacial score (nSPS) is 15.0. The van der Waals surface area contributed by atoms with Crippen LogP contribution in [0.25, 0.3) is 11.3 Å². The number of methoxy groups -OCH3 is 2. The minimum atomic E-state index is -1.10. The zero-order chi connectivity index (χ0) is 23.3. The Kier molecular flexibility index (Phi) is 6.72. The average molecular weight is 449 g/mol. The van der Waals surface area contributed by atoms with Crippen molar-refractivity contribution in [1.82, 2.24) is 20.1 Å². The summed E-state index contributed by atoms with van der Waals surface area (Å²) in [5.41, 5.74) is 0.263. The fourth-order valence-electron chi connectivity index (χ4n) is 4.33. The van der Waals surface area contributed by atoms with Gasteiger partial charge >= 0.3 is 6.01 Å². The van der Waals surface area contributed by atoms with Crippen molar-refractivity contribution in [2.75, 3.05) is 14.2 Å². The zero-order valence-electron chi connectivity index (χ0n) is 18.9. The van der Waals surface area contributed by atoms with E-state index >= 15 is 0 Å². The summed E-state index contributed by atoms with van der Waals surface area (Å²) in [4.78, 5) is 31.6. The first kappa shape index (κ1) is 22.5. The number of hydrogen-bond acceptors (Lipinski definition) is 6. The zero-order valence-corrected chi connectivity index (χ0v) is 18.9. The molecule has 33 heavy (non-hydrogen) atoms. The molecule has 4 rings (SSSR count). The molecule has 1 N–H and O–H groups in total. The lowest BCUT2D eigenvalue weighted by molar-refractivity contribution is -0.132. The van der Waals surface area contributed by atoms with Crippen molar-refractivity contribution in [3.8, 4) is 23.0 Å². The number of rotatable bonds is 7. The molecular weight excluding hydrogens is 420 g/mol. The molecule has 2 aromatic carbocycles. The third-order valence-corrected chi connectivity index (χ3v) is 6.14. The lowest BCUT2D eigenvalue weighted by Crippen LogP contribution is -2.54. The third-order valence-electron chi connectivity index (χ3n) is 6.14. The molecule has 1 aromatic heterocycles. The van der Waals surface area contributed by atoms with Crippen molar-refractivity contribution in [3.63, 3.8) is 0 Å². The molecule has 1 aliphatic rings. The summed E-state index contributed by atoms with van der Waals surface area (Å²) in [5, 5.41) is 7.40. The Hall–Kier alpha value is -3.68. The molecule has 8 nitrogen and oxygen atoms in total. The van der Waals surface area contributed by atoms with Crippen molar-refractivity contribution in [2.24, 2.45) is 0 Å². The molecule has 0 spiro atoms. The van der Waals surface area contributed by atoms with Gasteiger partial charge < -0.3 is 14.8 Å². The first-order valence-corrected chi connectivity index (χ1v) is 11.1. The van der Waals surface area contributed by atoms with Crippen LogP contribution in [0, 0.1) is 0 Å². The average Bonchev–Trinajstić information content (AvgIpc) is 2.88. The number of benzene rings is 2. The van der Waals surface area contributed by atoms with Crippen LogP contribution in [0.2, 0.25) is 0 Å². The maximum atomic E-state index is 13.6. The monoisotopic (exact) mass is 448 g/mol. The van der Waals surface area contributed by atoms with Gasteiger partial charge in [-0.25, -0.2) is 4.68 Å². The van der Waals surface area contributed by atoms with E-state index in [4.69, 9.17) is 9.47 Å². The molecule has 0 radical (unpaired) electrons. The minimum Gasteiger partial charge on any atom is -0.497 e. The fraction of sp³-hybridized carbons (Fsp3) is 0.360. The minimum absolute atomic E-state index is 0.0428. The SMILES string of the molecule is COc1ccc(-c2nc(OC)nn(C3(C(=O)NCc4ccccc4)CCCCC3)c2=O)cc1. The van der Waals surface area contributed by atoms with Gasteiger partial charge in [0.15, 0.2) is 0 Å². The van der Waals surface area contributed by atoms with Gasteiger partial charge in [0.2, 0.25) is 5.91 Å². The standard InChI is InChI=1S/C25H28N4O4/c1-32-20-13-11-19(12-14-20)21-22(30)29(28-24(27-21)33-2)25(15-7-4-8-16-25)23(31)26-17-18-9-5-3-6-10-18/h3,5-6,9-14H,4,7-8,15-17H2,1-2H3,(H,26,31). The van der Waals surface area contributed by atoms with E-state index in [1.165, 1.54) is 11.8 Å². The van der Waals surface area contributed by atoms with E-state index in [2.05, 4.69) is 15.4 Å². The lowest BCUT2D eigenvalue weighted by atomic mass is 9.80. The number of nitrogens with one attached hydrogen (secondary N) is 1. The Morgan fingerprint density at radius 1 is 1.00 bits per heavy atom. The largest absolute Gasteiger partial charge is 0.497 e. The van der Waals surface area contributed by atoms with Crippen LogP contribution in [-0.2, 0) is 16.9 Å². The van der Waals surface area contributed by atoms with Crippen LogP contribution < -0.4 is 20.3 Å². The van der Waals surface area contributed by atoms with Crippen molar-refractivity contribution >= 4 is 5.91 Å². The Balaban J connectivity index is 1.76. The first-order valence-electron chi connectivity index (χ1n) is 11.1. The molecule has 1 heterocycles. The molecule has 3 aromatic rings. The van der Waals surface area contributed by atoms with E-state index in [-0.39, 0.29) is 17.6 Å². The van der Waals surface area contributed by atoms with E-state index in [0.717, 1.165) is 24.8 Å². The number of hydrogen-bond donors (Lipinski definition) is 1. The molecule has 0 unspecified atom stereocenters. The third kappa shape index (κ3) is 4.60. The van der Waals surface area contributed by atoms with E-state index in [1.807, 2.05) is 30.3 Å². The van der Waals surface area contributed by atoms with E-state index < -0.39 is 11.1 Å². The second kappa shape index (κ2) is 9.85. The lowest BCUT2D eigenvalue weighted by Gasteiger charge is -2.36. The number of aromatic nitrogens is 3. The molecule has 172 valence electrons. The van der Waals surface area contributed by atoms with Crippen LogP contribution in [0.4, 0.5) is 0 Å². The van der Waals surface area contributed by atoms with Gasteiger partial charge in [-0.15, -0.1) is 5.10 Å². The summed E-state index contributed by atoms with van der Waals surface area (Å²) < 4.78 is 11.8. The second-order valence-corrected chi connectivity index (χ2v) is 8.15. The number of carbonyl (C=O) groups is 1. The van der Waals surface area contributed by atoms with Crippen molar-refractivity contribution in [1.29, 1.82) is 0 Å². The molecule has 1 amide bonds. The van der Waals surface area contributed by atoms with Crippen molar-refractivity contribution in [3.05, 3.63) is 70.5 Å². The fourth-order valence-corrected chi connectivity index (χ4v) is 4.33. The molecule has 0 aliphatic heterocycles. The number of nitrogens with zero attached hydrogens (tertiary/aromatic N) is 3. The van der Waals surface area contributed by atoms with Gasteiger partial charge in [0, 0.05) is 12.1 Å². The summed E-state index contributed by atoms with van der Waals surface area (Å²) in [6.07, 6.45) is 3.71. The number of ether oxygens (including phenoxy) is 2. The number of amides is 1. The summed E-state index contributed by atoms with van der Waals surface area (Å²) in [6.45, 7) is 0.379. The maximum absolute atomic E-state index is 13.6. The molecule has 1 saturated carbocycles. The Bertz CT molecular complexity index is 1150. The van der Waals surface area contributed by atoms with Crippen LogP contribution >= 0.6 is 0 Å². The predicted octanol–water partition coefficient (Wildman–Crippen LogP) is 3.30. The quantitative estimate of drug-likeness (QED) is 0.596. The molecule has 8 heteroatoms. The molecule has 1 aliphatic carbocycles. The van der Waals surface area contributed by atoms with Gasteiger partial charge in [-0.05, 0) is 42.7 Å². The van der Waals surface area contributed by atoms with Gasteiger partial charge in [0.1, 0.15) is 17.0 Å². The van der Waals surface area contributed by atoms with Gasteiger partial charge in [-0.3, -0.25) is 9.59 Å². The van der Waals surface area contributed by atoms with Crippen LogP contribution in [0.1, 0.15) is 37.7 Å². The second-order valence-electron chi connectivity index (χ2n) is 8.15. The smallest absolute Gasteiger partial charge is 0.334 e. The van der Waals surface area contributed by atoms with E-state index in [9.17, 15) is 9.59 Å². The van der Waals surface area contributed by atoms with Gasteiger partial charge in [0.05, 0.1) is 14.2 Å². The van der Waals surface area contributed by atoms with Gasteiger partial charge in [-0.2, -0.15) is 4.98 Å². The molecule has 0 atom stereocenters. The highest BCUT2D eigenvalue weighted by Gasteiger charge is 2.44. The summed E-state index contributed by atoms with van der Waals surface area (Å²) in [7, 11) is 3.03. The predicted molar refractivity (Wildman–Crippen MR) is 124 cm³/mol. The Morgan fingerprint density at radius 2 is 1.70 bits per heavy atom. The van der Waals surface area contributed by atoms with Crippen molar-refractivity contribution in [2.45, 2.75) is 44.2 Å². The van der Waals surface area contributed by atoms with E-state index in [0.29, 0.717) is 30.7 Å². The topological polar surface area (TPSA) is 95.3 Å². The molecular formula is C25H28N4O4. The Labute approximate surface area is 192 Å². The van der Waals surface area contributed by atoms with Crippen LogP contribution in [0.15, 0.2) is 59.4 Å². The van der Waals surface area contributed by atoms with Crippen LogP contribution in [0.5, 0.6) is 11.8 Å². The van der Waals surface area contributed by atoms with Crippen LogP contribution in [-0.4, -0.2) is 34.9 Å². The van der Waals surface area contributed by atoms with Crippen molar-refractivity contribution < 1.29 is 14.3 Å². The summed E-state index contributed by atoms with van der Waals surface area (Å²) in [6, 6.07) is 16.8. The number of carbonyl (C=O) groups excluding carboxylic acids is 1. The highest BCUT2D eigenvalue weighted by molar-refractivity contribution is 5.84. The molecule has 1 fully saturated rings. The highest BCUT2D eigenvalue weighted by Crippen LogP contribution is 2.35. The molecule has 0 saturated heterocycles.